The van der Waals surface area contributed by atoms with Crippen molar-refractivity contribution in [3.8, 4) is 23.0 Å². The van der Waals surface area contributed by atoms with Gasteiger partial charge in [0.1, 0.15) is 6.61 Å². The normalized spacial score (nSPS) is 10.6. The number of halogens is 1. The highest BCUT2D eigenvalue weighted by Gasteiger charge is 2.12. The summed E-state index contributed by atoms with van der Waals surface area (Å²) in [6, 6.07) is 12.9. The summed E-state index contributed by atoms with van der Waals surface area (Å²) in [7, 11) is 0. The zero-order valence-corrected chi connectivity index (χ0v) is 13.8. The molecule has 0 radical (unpaired) electrons. The van der Waals surface area contributed by atoms with Gasteiger partial charge in [0.25, 0.3) is 0 Å². The number of aromatic nitrogens is 2. The maximum Gasteiger partial charge on any atom is 0.313 e. The van der Waals surface area contributed by atoms with E-state index in [4.69, 9.17) is 31.2 Å². The molecule has 124 valence electrons. The molecule has 0 saturated carbocycles. The van der Waals surface area contributed by atoms with Gasteiger partial charge in [0.15, 0.2) is 11.5 Å². The average molecular weight is 346 g/mol. The molecule has 0 spiro atoms. The second-order valence-corrected chi connectivity index (χ2v) is 5.33. The Labute approximate surface area is 144 Å². The number of nitrogen functional groups attached to an aromatic ring is 1. The van der Waals surface area contributed by atoms with E-state index in [1.165, 1.54) is 0 Å². The van der Waals surface area contributed by atoms with E-state index < -0.39 is 0 Å². The van der Waals surface area contributed by atoms with Crippen LogP contribution in [-0.4, -0.2) is 16.8 Å². The number of ether oxygens (including phenoxy) is 2. The van der Waals surface area contributed by atoms with Crippen molar-refractivity contribution >= 4 is 17.6 Å². The van der Waals surface area contributed by atoms with Crippen molar-refractivity contribution in [3.63, 3.8) is 0 Å². The zero-order chi connectivity index (χ0) is 16.9. The zero-order valence-electron chi connectivity index (χ0n) is 13.0. The van der Waals surface area contributed by atoms with Gasteiger partial charge in [-0.2, -0.15) is 0 Å². The van der Waals surface area contributed by atoms with E-state index in [2.05, 4.69) is 10.2 Å². The summed E-state index contributed by atoms with van der Waals surface area (Å²) in [6.45, 7) is 2.74. The summed E-state index contributed by atoms with van der Waals surface area (Å²) in [5, 5.41) is 8.18. The van der Waals surface area contributed by atoms with E-state index in [1.807, 2.05) is 31.2 Å². The molecule has 0 aliphatic rings. The van der Waals surface area contributed by atoms with E-state index in [1.54, 1.807) is 18.2 Å². The molecule has 7 heteroatoms. The Morgan fingerprint density at radius 3 is 2.62 bits per heavy atom. The molecule has 0 aliphatic carbocycles. The lowest BCUT2D eigenvalue weighted by atomic mass is 10.2. The SMILES string of the molecule is CCOc1cc(-c2nnc(N)o2)ccc1OCc1ccccc1Cl. The summed E-state index contributed by atoms with van der Waals surface area (Å²) in [5.74, 6) is 1.51. The van der Waals surface area contributed by atoms with Crippen LogP contribution < -0.4 is 15.2 Å². The van der Waals surface area contributed by atoms with Crippen LogP contribution in [0.1, 0.15) is 12.5 Å². The largest absolute Gasteiger partial charge is 0.490 e. The van der Waals surface area contributed by atoms with E-state index >= 15 is 0 Å². The van der Waals surface area contributed by atoms with Crippen molar-refractivity contribution in [2.75, 3.05) is 12.3 Å². The van der Waals surface area contributed by atoms with Gasteiger partial charge in [0.2, 0.25) is 5.89 Å². The average Bonchev–Trinajstić information content (AvgIpc) is 3.02. The molecule has 0 unspecified atom stereocenters. The summed E-state index contributed by atoms with van der Waals surface area (Å²) in [5.41, 5.74) is 7.06. The van der Waals surface area contributed by atoms with Crippen molar-refractivity contribution in [3.05, 3.63) is 53.1 Å². The maximum absolute atomic E-state index is 6.15. The summed E-state index contributed by atoms with van der Waals surface area (Å²) in [4.78, 5) is 0. The lowest BCUT2D eigenvalue weighted by Gasteiger charge is -2.13. The monoisotopic (exact) mass is 345 g/mol. The fraction of sp³-hybridized carbons (Fsp3) is 0.176. The number of hydrogen-bond donors (Lipinski definition) is 1. The van der Waals surface area contributed by atoms with Crippen molar-refractivity contribution in [1.29, 1.82) is 0 Å². The number of rotatable bonds is 6. The van der Waals surface area contributed by atoms with Crippen molar-refractivity contribution < 1.29 is 13.9 Å². The smallest absolute Gasteiger partial charge is 0.313 e. The van der Waals surface area contributed by atoms with Gasteiger partial charge in [-0.15, -0.1) is 5.10 Å². The van der Waals surface area contributed by atoms with Crippen LogP contribution in [0.5, 0.6) is 11.5 Å². The molecule has 3 rings (SSSR count). The van der Waals surface area contributed by atoms with Gasteiger partial charge in [-0.1, -0.05) is 34.9 Å². The summed E-state index contributed by atoms with van der Waals surface area (Å²) < 4.78 is 16.7. The maximum atomic E-state index is 6.15. The highest BCUT2D eigenvalue weighted by Crippen LogP contribution is 2.33. The van der Waals surface area contributed by atoms with Gasteiger partial charge >= 0.3 is 6.01 Å². The predicted octanol–water partition coefficient (Wildman–Crippen LogP) is 3.95. The quantitative estimate of drug-likeness (QED) is 0.728. The molecule has 0 bridgehead atoms. The molecule has 0 saturated heterocycles. The van der Waals surface area contributed by atoms with Crippen LogP contribution in [0.15, 0.2) is 46.9 Å². The van der Waals surface area contributed by atoms with Crippen LogP contribution in [-0.2, 0) is 6.61 Å². The first-order chi connectivity index (χ1) is 11.7. The fourth-order valence-electron chi connectivity index (χ4n) is 2.15. The van der Waals surface area contributed by atoms with Crippen molar-refractivity contribution in [2.45, 2.75) is 13.5 Å². The van der Waals surface area contributed by atoms with Gasteiger partial charge in [-0.05, 0) is 31.2 Å². The second-order valence-electron chi connectivity index (χ2n) is 4.92. The molecule has 24 heavy (non-hydrogen) atoms. The highest BCUT2D eigenvalue weighted by molar-refractivity contribution is 6.31. The lowest BCUT2D eigenvalue weighted by Crippen LogP contribution is -2.00. The Morgan fingerprint density at radius 1 is 1.08 bits per heavy atom. The lowest BCUT2D eigenvalue weighted by molar-refractivity contribution is 0.269. The molecule has 2 aromatic carbocycles. The van der Waals surface area contributed by atoms with Gasteiger partial charge in [-0.25, -0.2) is 0 Å². The molecule has 6 nitrogen and oxygen atoms in total. The van der Waals surface area contributed by atoms with E-state index in [0.717, 1.165) is 5.56 Å². The molecule has 0 aliphatic heterocycles. The van der Waals surface area contributed by atoms with Gasteiger partial charge in [0, 0.05) is 16.1 Å². The van der Waals surface area contributed by atoms with E-state index in [-0.39, 0.29) is 6.01 Å². The van der Waals surface area contributed by atoms with Crippen molar-refractivity contribution in [2.24, 2.45) is 0 Å². The molecular formula is C17H16ClN3O3. The van der Waals surface area contributed by atoms with E-state index in [0.29, 0.717) is 41.2 Å². The van der Waals surface area contributed by atoms with Gasteiger partial charge in [-0.3, -0.25) is 0 Å². The molecule has 0 fully saturated rings. The molecular weight excluding hydrogens is 330 g/mol. The number of anilines is 1. The first-order valence-corrected chi connectivity index (χ1v) is 7.77. The Bertz CT molecular complexity index is 835. The highest BCUT2D eigenvalue weighted by atomic mass is 35.5. The van der Waals surface area contributed by atoms with Crippen LogP contribution in [0.4, 0.5) is 6.01 Å². The standard InChI is InChI=1S/C17H16ClN3O3/c1-2-22-15-9-11(16-20-21-17(19)24-16)7-8-14(15)23-10-12-5-3-4-6-13(12)18/h3-9H,2,10H2,1H3,(H2,19,21). The third kappa shape index (κ3) is 3.60. The Hall–Kier alpha value is -2.73. The molecule has 1 heterocycles. The summed E-state index contributed by atoms with van der Waals surface area (Å²) in [6.07, 6.45) is 0. The van der Waals surface area contributed by atoms with Crippen LogP contribution in [0.25, 0.3) is 11.5 Å². The van der Waals surface area contributed by atoms with Crippen LogP contribution >= 0.6 is 11.6 Å². The number of nitrogens with zero attached hydrogens (tertiary/aromatic N) is 2. The Morgan fingerprint density at radius 2 is 1.92 bits per heavy atom. The van der Waals surface area contributed by atoms with Gasteiger partial charge in [0.05, 0.1) is 6.61 Å². The minimum atomic E-state index is 0.0157. The molecule has 1 aromatic heterocycles. The first kappa shape index (κ1) is 16.1. The molecule has 0 amide bonds. The van der Waals surface area contributed by atoms with Crippen LogP contribution in [0, 0.1) is 0 Å². The fourth-order valence-corrected chi connectivity index (χ4v) is 2.34. The van der Waals surface area contributed by atoms with Gasteiger partial charge < -0.3 is 19.6 Å². The molecule has 0 atom stereocenters. The third-order valence-corrected chi connectivity index (χ3v) is 3.64. The second kappa shape index (κ2) is 7.23. The Kier molecular flexibility index (Phi) is 4.86. The van der Waals surface area contributed by atoms with E-state index in [9.17, 15) is 0 Å². The minimum absolute atomic E-state index is 0.0157. The predicted molar refractivity (Wildman–Crippen MR) is 91.1 cm³/mol. The summed E-state index contributed by atoms with van der Waals surface area (Å²) >= 11 is 6.15. The molecule has 2 N–H and O–H groups in total. The van der Waals surface area contributed by atoms with Crippen LogP contribution in [0.2, 0.25) is 5.02 Å². The Balaban J connectivity index is 1.83. The van der Waals surface area contributed by atoms with Crippen molar-refractivity contribution in [1.82, 2.24) is 10.2 Å². The topological polar surface area (TPSA) is 83.4 Å². The number of hydrogen-bond acceptors (Lipinski definition) is 6. The number of nitrogens with two attached hydrogens (primary N) is 1. The first-order valence-electron chi connectivity index (χ1n) is 7.39. The minimum Gasteiger partial charge on any atom is -0.490 e. The van der Waals surface area contributed by atoms with Crippen LogP contribution in [0.3, 0.4) is 0 Å². The third-order valence-electron chi connectivity index (χ3n) is 3.27. The number of benzene rings is 2. The molecule has 3 aromatic rings.